The second-order valence-electron chi connectivity index (χ2n) is 4.79. The van der Waals surface area contributed by atoms with Crippen LogP contribution in [0.1, 0.15) is 23.7 Å². The van der Waals surface area contributed by atoms with Gasteiger partial charge >= 0.3 is 0 Å². The molecule has 21 heavy (non-hydrogen) atoms. The Bertz CT molecular complexity index is 736. The molecule has 0 bridgehead atoms. The van der Waals surface area contributed by atoms with Gasteiger partial charge in [0.15, 0.2) is 5.82 Å². The smallest absolute Gasteiger partial charge is 0.271 e. The average molecular weight is 337 g/mol. The van der Waals surface area contributed by atoms with E-state index in [1.165, 1.54) is 0 Å². The van der Waals surface area contributed by atoms with Crippen molar-refractivity contribution in [2.75, 3.05) is 0 Å². The van der Waals surface area contributed by atoms with Gasteiger partial charge in [0.2, 0.25) is 0 Å². The van der Waals surface area contributed by atoms with Gasteiger partial charge in [-0.05, 0) is 12.3 Å². The Hall–Kier alpha value is -1.74. The van der Waals surface area contributed by atoms with Crippen LogP contribution in [-0.2, 0) is 9.05 Å². The number of benzene rings is 1. The minimum absolute atomic E-state index is 0.146. The van der Waals surface area contributed by atoms with Crippen LogP contribution in [-0.4, -0.2) is 25.3 Å². The van der Waals surface area contributed by atoms with Crippen LogP contribution < -0.4 is 5.32 Å². The molecule has 1 amide bonds. The molecule has 0 saturated heterocycles. The average Bonchev–Trinajstić information content (AvgIpc) is 3.02. The maximum Gasteiger partial charge on any atom is 0.271 e. The zero-order valence-electron chi connectivity index (χ0n) is 10.7. The molecular formula is C11H10ClFN2O5S. The van der Waals surface area contributed by atoms with Crippen molar-refractivity contribution in [1.29, 1.82) is 0 Å². The second-order valence-corrected chi connectivity index (χ2v) is 7.33. The van der Waals surface area contributed by atoms with Crippen molar-refractivity contribution in [2.24, 2.45) is 5.92 Å². The molecule has 1 aliphatic rings. The number of nitrogens with zero attached hydrogens (tertiary/aromatic N) is 1. The van der Waals surface area contributed by atoms with Crippen molar-refractivity contribution < 1.29 is 22.5 Å². The van der Waals surface area contributed by atoms with E-state index in [-0.39, 0.29) is 12.0 Å². The van der Waals surface area contributed by atoms with Gasteiger partial charge in [-0.1, -0.05) is 6.92 Å². The van der Waals surface area contributed by atoms with Crippen LogP contribution in [0.25, 0.3) is 0 Å². The number of carbonyl (C=O) groups excluding carboxylic acids is 1. The first-order valence-corrected chi connectivity index (χ1v) is 8.15. The van der Waals surface area contributed by atoms with E-state index in [0.29, 0.717) is 18.6 Å². The summed E-state index contributed by atoms with van der Waals surface area (Å²) in [5.41, 5.74) is -1.45. The number of nitro groups is 1. The van der Waals surface area contributed by atoms with Gasteiger partial charge in [-0.3, -0.25) is 14.9 Å². The third-order valence-electron chi connectivity index (χ3n) is 3.17. The molecule has 1 aromatic carbocycles. The van der Waals surface area contributed by atoms with E-state index < -0.39 is 41.8 Å². The number of hydrogen-bond donors (Lipinski definition) is 1. The number of nitrogens with one attached hydrogen (secondary N) is 1. The Kier molecular flexibility index (Phi) is 3.89. The van der Waals surface area contributed by atoms with Crippen LogP contribution in [0.4, 0.5) is 10.1 Å². The van der Waals surface area contributed by atoms with Crippen LogP contribution in [0.2, 0.25) is 0 Å². The summed E-state index contributed by atoms with van der Waals surface area (Å²) in [6.45, 7) is 1.86. The predicted molar refractivity (Wildman–Crippen MR) is 71.1 cm³/mol. The molecule has 7 nitrogen and oxygen atoms in total. The summed E-state index contributed by atoms with van der Waals surface area (Å²) in [5.74, 6) is -2.08. The highest BCUT2D eigenvalue weighted by Crippen LogP contribution is 2.31. The Balaban J connectivity index is 2.51. The first-order chi connectivity index (χ1) is 9.61. The highest BCUT2D eigenvalue weighted by atomic mass is 35.7. The molecule has 10 heteroatoms. The largest absolute Gasteiger partial charge is 0.349 e. The number of halogens is 2. The van der Waals surface area contributed by atoms with Crippen molar-refractivity contribution in [1.82, 2.24) is 5.32 Å². The first-order valence-electron chi connectivity index (χ1n) is 5.84. The van der Waals surface area contributed by atoms with E-state index in [1.807, 2.05) is 6.92 Å². The fourth-order valence-corrected chi connectivity index (χ4v) is 2.72. The van der Waals surface area contributed by atoms with E-state index in [0.717, 1.165) is 0 Å². The third kappa shape index (κ3) is 3.30. The summed E-state index contributed by atoms with van der Waals surface area (Å²) in [6, 6.07) is 1.02. The van der Waals surface area contributed by atoms with Gasteiger partial charge in [-0.15, -0.1) is 0 Å². The molecule has 1 fully saturated rings. The Morgan fingerprint density at radius 1 is 1.52 bits per heavy atom. The van der Waals surface area contributed by atoms with Gasteiger partial charge in [0.25, 0.3) is 20.6 Å². The topological polar surface area (TPSA) is 106 Å². The zero-order chi connectivity index (χ0) is 15.9. The third-order valence-corrected chi connectivity index (χ3v) is 4.49. The molecule has 0 aliphatic heterocycles. The maximum absolute atomic E-state index is 14.1. The normalized spacial score (nSPS) is 20.9. The second kappa shape index (κ2) is 5.23. The number of amides is 1. The fourth-order valence-electron chi connectivity index (χ4n) is 1.80. The van der Waals surface area contributed by atoms with Crippen molar-refractivity contribution in [3.63, 3.8) is 0 Å². The monoisotopic (exact) mass is 336 g/mol. The number of rotatable bonds is 4. The Morgan fingerprint density at radius 2 is 2.10 bits per heavy atom. The standard InChI is InChI=1S/C11H10ClFN2O5S/c1-5-2-8(5)14-11(16)7-3-6(15(17)18)4-9(10(7)13)21(12,19)20/h3-5,8H,2H2,1H3,(H,14,16). The lowest BCUT2D eigenvalue weighted by atomic mass is 10.1. The van der Waals surface area contributed by atoms with Gasteiger partial charge in [-0.25, -0.2) is 12.8 Å². The van der Waals surface area contributed by atoms with E-state index >= 15 is 0 Å². The summed E-state index contributed by atoms with van der Waals surface area (Å²) in [5, 5.41) is 13.2. The summed E-state index contributed by atoms with van der Waals surface area (Å²) in [6.07, 6.45) is 0.711. The molecule has 114 valence electrons. The summed E-state index contributed by atoms with van der Waals surface area (Å²) in [7, 11) is 0.480. The van der Waals surface area contributed by atoms with Crippen LogP contribution in [0.5, 0.6) is 0 Å². The molecule has 1 N–H and O–H groups in total. The van der Waals surface area contributed by atoms with E-state index in [4.69, 9.17) is 10.7 Å². The molecule has 2 unspecified atom stereocenters. The zero-order valence-corrected chi connectivity index (χ0v) is 12.2. The molecule has 0 heterocycles. The number of nitro benzene ring substituents is 1. The van der Waals surface area contributed by atoms with Gasteiger partial charge in [0.1, 0.15) is 4.90 Å². The van der Waals surface area contributed by atoms with Crippen molar-refractivity contribution >= 4 is 31.3 Å². The van der Waals surface area contributed by atoms with Gasteiger partial charge in [-0.2, -0.15) is 0 Å². The van der Waals surface area contributed by atoms with Crippen molar-refractivity contribution in [3.05, 3.63) is 33.6 Å². The predicted octanol–water partition coefficient (Wildman–Crippen LogP) is 1.80. The Morgan fingerprint density at radius 3 is 2.52 bits per heavy atom. The molecule has 2 rings (SSSR count). The summed E-state index contributed by atoms with van der Waals surface area (Å²) < 4.78 is 36.6. The minimum atomic E-state index is -4.56. The first kappa shape index (κ1) is 15.6. The molecule has 2 atom stereocenters. The quantitative estimate of drug-likeness (QED) is 0.512. The highest BCUT2D eigenvalue weighted by molar-refractivity contribution is 8.13. The molecule has 0 aromatic heterocycles. The van der Waals surface area contributed by atoms with Crippen LogP contribution >= 0.6 is 10.7 Å². The van der Waals surface area contributed by atoms with Crippen LogP contribution in [0.3, 0.4) is 0 Å². The minimum Gasteiger partial charge on any atom is -0.349 e. The summed E-state index contributed by atoms with van der Waals surface area (Å²) >= 11 is 0. The molecule has 1 saturated carbocycles. The number of carbonyl (C=O) groups is 1. The highest BCUT2D eigenvalue weighted by Gasteiger charge is 2.35. The van der Waals surface area contributed by atoms with Crippen molar-refractivity contribution in [2.45, 2.75) is 24.3 Å². The lowest BCUT2D eigenvalue weighted by molar-refractivity contribution is -0.385. The lowest BCUT2D eigenvalue weighted by Gasteiger charge is -2.07. The van der Waals surface area contributed by atoms with E-state index in [9.17, 15) is 27.7 Å². The maximum atomic E-state index is 14.1. The van der Waals surface area contributed by atoms with Crippen LogP contribution in [0.15, 0.2) is 17.0 Å². The van der Waals surface area contributed by atoms with Gasteiger partial charge in [0, 0.05) is 28.9 Å². The van der Waals surface area contributed by atoms with Gasteiger partial charge in [0.05, 0.1) is 10.5 Å². The van der Waals surface area contributed by atoms with E-state index in [2.05, 4.69) is 5.32 Å². The van der Waals surface area contributed by atoms with Crippen molar-refractivity contribution in [3.8, 4) is 0 Å². The molecule has 1 aromatic rings. The van der Waals surface area contributed by atoms with Crippen LogP contribution in [0, 0.1) is 21.8 Å². The molecular weight excluding hydrogens is 327 g/mol. The van der Waals surface area contributed by atoms with E-state index in [1.54, 1.807) is 0 Å². The SMILES string of the molecule is CC1CC1NC(=O)c1cc([N+](=O)[O-])cc(S(=O)(=O)Cl)c1F. The summed E-state index contributed by atoms with van der Waals surface area (Å²) in [4.78, 5) is 20.7. The number of non-ortho nitro benzene ring substituents is 1. The molecule has 0 spiro atoms. The molecule has 0 radical (unpaired) electrons. The number of hydrogen-bond acceptors (Lipinski definition) is 5. The lowest BCUT2D eigenvalue weighted by Crippen LogP contribution is -2.28. The molecule has 1 aliphatic carbocycles. The fraction of sp³-hybridized carbons (Fsp3) is 0.364. The Labute approximate surface area is 123 Å². The van der Waals surface area contributed by atoms with Gasteiger partial charge < -0.3 is 5.32 Å².